The molecule has 17 heavy (non-hydrogen) atoms. The average Bonchev–Trinajstić information content (AvgIpc) is 2.89. The summed E-state index contributed by atoms with van der Waals surface area (Å²) in [5, 5.41) is 6.83. The highest BCUT2D eigenvalue weighted by Gasteiger charge is 2.19. The van der Waals surface area contributed by atoms with E-state index >= 15 is 0 Å². The summed E-state index contributed by atoms with van der Waals surface area (Å²) >= 11 is 0. The first-order chi connectivity index (χ1) is 8.09. The first-order valence-corrected chi connectivity index (χ1v) is 5.35. The molecule has 1 amide bonds. The van der Waals surface area contributed by atoms with Crippen molar-refractivity contribution in [1.29, 1.82) is 0 Å². The number of rotatable bonds is 3. The van der Waals surface area contributed by atoms with Crippen molar-refractivity contribution in [3.8, 4) is 0 Å². The van der Waals surface area contributed by atoms with Crippen molar-refractivity contribution in [2.24, 2.45) is 0 Å². The molecule has 2 aromatic heterocycles. The molecule has 0 aromatic carbocycles. The number of nitrogens with one attached hydrogen (secondary N) is 2. The number of amides is 1. The minimum absolute atomic E-state index is 0.0508. The number of aromatic nitrogens is 4. The Balaban J connectivity index is 2.15. The van der Waals surface area contributed by atoms with Crippen molar-refractivity contribution < 1.29 is 4.79 Å². The molecule has 0 aliphatic rings. The number of nitrogens with zero attached hydrogens (tertiary/aromatic N) is 3. The molecule has 2 rings (SSSR count). The number of imidazole rings is 1. The van der Waals surface area contributed by atoms with Gasteiger partial charge in [-0.3, -0.25) is 9.89 Å². The molecule has 90 valence electrons. The Morgan fingerprint density at radius 1 is 1.47 bits per heavy atom. The molecule has 0 fully saturated rings. The summed E-state index contributed by atoms with van der Waals surface area (Å²) in [7, 11) is 1.75. The van der Waals surface area contributed by atoms with Gasteiger partial charge in [-0.1, -0.05) is 0 Å². The number of carbonyl (C=O) groups is 1. The Hall–Kier alpha value is -2.11. The molecule has 0 bridgehead atoms. The van der Waals surface area contributed by atoms with Gasteiger partial charge in [-0.2, -0.15) is 5.10 Å². The van der Waals surface area contributed by atoms with E-state index in [1.165, 1.54) is 0 Å². The molecule has 0 spiro atoms. The molecule has 6 nitrogen and oxygen atoms in total. The monoisotopic (exact) mass is 233 g/mol. The summed E-state index contributed by atoms with van der Waals surface area (Å²) in [5.74, 6) is 0.713. The highest BCUT2D eigenvalue weighted by atomic mass is 16.2. The Morgan fingerprint density at radius 2 is 2.24 bits per heavy atom. The van der Waals surface area contributed by atoms with Crippen LogP contribution >= 0.6 is 0 Å². The summed E-state index contributed by atoms with van der Waals surface area (Å²) in [6.07, 6.45) is 3.41. The van der Waals surface area contributed by atoms with Crippen molar-refractivity contribution in [2.45, 2.75) is 20.4 Å². The maximum atomic E-state index is 12.2. The van der Waals surface area contributed by atoms with Crippen LogP contribution in [0.15, 0.2) is 12.4 Å². The van der Waals surface area contributed by atoms with E-state index in [0.717, 1.165) is 17.2 Å². The predicted molar refractivity (Wildman–Crippen MR) is 62.4 cm³/mol. The van der Waals surface area contributed by atoms with Crippen molar-refractivity contribution >= 4 is 5.91 Å². The van der Waals surface area contributed by atoms with Crippen LogP contribution in [0.2, 0.25) is 0 Å². The van der Waals surface area contributed by atoms with E-state index in [2.05, 4.69) is 20.2 Å². The maximum Gasteiger partial charge on any atom is 0.257 e. The third kappa shape index (κ3) is 2.20. The fourth-order valence-electron chi connectivity index (χ4n) is 1.74. The number of aromatic amines is 2. The van der Waals surface area contributed by atoms with Gasteiger partial charge < -0.3 is 9.88 Å². The maximum absolute atomic E-state index is 12.2. The van der Waals surface area contributed by atoms with Crippen LogP contribution in [0.1, 0.15) is 27.6 Å². The molecule has 0 unspecified atom stereocenters. The molecule has 0 aliphatic heterocycles. The quantitative estimate of drug-likeness (QED) is 0.830. The summed E-state index contributed by atoms with van der Waals surface area (Å²) < 4.78 is 0. The molecule has 2 heterocycles. The molecule has 0 saturated heterocycles. The number of hydrogen-bond acceptors (Lipinski definition) is 3. The largest absolute Gasteiger partial charge is 0.347 e. The van der Waals surface area contributed by atoms with E-state index in [-0.39, 0.29) is 5.91 Å². The first kappa shape index (κ1) is 11.4. The summed E-state index contributed by atoms with van der Waals surface area (Å²) in [5.41, 5.74) is 2.15. The minimum atomic E-state index is -0.0508. The third-order valence-electron chi connectivity index (χ3n) is 2.63. The van der Waals surface area contributed by atoms with Gasteiger partial charge in [0, 0.05) is 25.1 Å². The lowest BCUT2D eigenvalue weighted by Crippen LogP contribution is -2.27. The van der Waals surface area contributed by atoms with Crippen LogP contribution in [0.5, 0.6) is 0 Å². The normalized spacial score (nSPS) is 10.5. The van der Waals surface area contributed by atoms with Gasteiger partial charge in [-0.15, -0.1) is 0 Å². The zero-order valence-electron chi connectivity index (χ0n) is 10.1. The van der Waals surface area contributed by atoms with Gasteiger partial charge in [0.1, 0.15) is 5.82 Å². The lowest BCUT2D eigenvalue weighted by molar-refractivity contribution is 0.0780. The van der Waals surface area contributed by atoms with Crippen LogP contribution < -0.4 is 0 Å². The molecular formula is C11H15N5O. The highest BCUT2D eigenvalue weighted by Crippen LogP contribution is 2.12. The Labute approximate surface area is 99.1 Å². The summed E-state index contributed by atoms with van der Waals surface area (Å²) in [4.78, 5) is 20.9. The van der Waals surface area contributed by atoms with Gasteiger partial charge >= 0.3 is 0 Å². The van der Waals surface area contributed by atoms with Gasteiger partial charge in [0.05, 0.1) is 17.8 Å². The zero-order chi connectivity index (χ0) is 12.4. The molecule has 0 radical (unpaired) electrons. The second-order valence-electron chi connectivity index (χ2n) is 4.01. The predicted octanol–water partition coefficient (Wildman–Crippen LogP) is 1.02. The third-order valence-corrected chi connectivity index (χ3v) is 2.63. The van der Waals surface area contributed by atoms with Gasteiger partial charge in [0.25, 0.3) is 5.91 Å². The van der Waals surface area contributed by atoms with E-state index in [0.29, 0.717) is 12.1 Å². The van der Waals surface area contributed by atoms with Crippen LogP contribution in [0, 0.1) is 13.8 Å². The first-order valence-electron chi connectivity index (χ1n) is 5.35. The van der Waals surface area contributed by atoms with Crippen LogP contribution in [-0.2, 0) is 6.54 Å². The lowest BCUT2D eigenvalue weighted by atomic mass is 10.2. The van der Waals surface area contributed by atoms with Crippen molar-refractivity contribution in [2.75, 3.05) is 7.05 Å². The SMILES string of the molecule is Cc1n[nH]c(C)c1C(=O)N(C)Cc1ncc[nH]1. The van der Waals surface area contributed by atoms with Crippen molar-refractivity contribution in [3.63, 3.8) is 0 Å². The molecule has 2 N–H and O–H groups in total. The number of H-pyrrole nitrogens is 2. The lowest BCUT2D eigenvalue weighted by Gasteiger charge is -2.15. The zero-order valence-corrected chi connectivity index (χ0v) is 10.1. The molecule has 6 heteroatoms. The molecule has 0 aliphatic carbocycles. The topological polar surface area (TPSA) is 77.7 Å². The Bertz CT molecular complexity index is 494. The summed E-state index contributed by atoms with van der Waals surface area (Å²) in [6.45, 7) is 4.11. The molecule has 0 atom stereocenters. The van der Waals surface area contributed by atoms with E-state index in [1.807, 2.05) is 13.8 Å². The van der Waals surface area contributed by atoms with Crippen LogP contribution in [-0.4, -0.2) is 38.0 Å². The van der Waals surface area contributed by atoms with E-state index in [4.69, 9.17) is 0 Å². The van der Waals surface area contributed by atoms with Crippen molar-refractivity contribution in [3.05, 3.63) is 35.2 Å². The van der Waals surface area contributed by atoms with Gasteiger partial charge in [-0.05, 0) is 13.8 Å². The number of carbonyl (C=O) groups excluding carboxylic acids is 1. The average molecular weight is 233 g/mol. The molecule has 2 aromatic rings. The van der Waals surface area contributed by atoms with Crippen LogP contribution in [0.3, 0.4) is 0 Å². The fourth-order valence-corrected chi connectivity index (χ4v) is 1.74. The number of aryl methyl sites for hydroxylation is 2. The van der Waals surface area contributed by atoms with Crippen LogP contribution in [0.25, 0.3) is 0 Å². The summed E-state index contributed by atoms with van der Waals surface area (Å²) in [6, 6.07) is 0. The van der Waals surface area contributed by atoms with E-state index in [9.17, 15) is 4.79 Å². The highest BCUT2D eigenvalue weighted by molar-refractivity contribution is 5.96. The van der Waals surface area contributed by atoms with E-state index in [1.54, 1.807) is 24.3 Å². The van der Waals surface area contributed by atoms with Gasteiger partial charge in [-0.25, -0.2) is 4.98 Å². The Morgan fingerprint density at radius 3 is 2.76 bits per heavy atom. The van der Waals surface area contributed by atoms with Crippen molar-refractivity contribution in [1.82, 2.24) is 25.1 Å². The second kappa shape index (κ2) is 4.40. The second-order valence-corrected chi connectivity index (χ2v) is 4.01. The molecule has 0 saturated carbocycles. The number of hydrogen-bond donors (Lipinski definition) is 2. The fraction of sp³-hybridized carbons (Fsp3) is 0.364. The van der Waals surface area contributed by atoms with Gasteiger partial charge in [0.2, 0.25) is 0 Å². The standard InChI is InChI=1S/C11H15N5O/c1-7-10(8(2)15-14-7)11(17)16(3)6-9-12-4-5-13-9/h4-5H,6H2,1-3H3,(H,12,13)(H,14,15). The molecular weight excluding hydrogens is 218 g/mol. The minimum Gasteiger partial charge on any atom is -0.347 e. The van der Waals surface area contributed by atoms with Gasteiger partial charge in [0.15, 0.2) is 0 Å². The van der Waals surface area contributed by atoms with Crippen LogP contribution in [0.4, 0.5) is 0 Å². The van der Waals surface area contributed by atoms with E-state index < -0.39 is 0 Å². The Kier molecular flexibility index (Phi) is 2.95. The smallest absolute Gasteiger partial charge is 0.257 e.